The minimum Gasteiger partial charge on any atom is -0.490 e. The Balaban J connectivity index is 1.87. The van der Waals surface area contributed by atoms with Crippen LogP contribution in [-0.4, -0.2) is 27.2 Å². The quantitative estimate of drug-likeness (QED) is 0.504. The van der Waals surface area contributed by atoms with E-state index in [2.05, 4.69) is 43.2 Å². The highest BCUT2D eigenvalue weighted by Gasteiger charge is 2.15. The van der Waals surface area contributed by atoms with Gasteiger partial charge >= 0.3 is 0 Å². The van der Waals surface area contributed by atoms with E-state index in [-0.39, 0.29) is 0 Å². The number of nitrogens with one attached hydrogen (secondary N) is 1. The molecule has 0 aliphatic heterocycles. The number of benzene rings is 2. The highest BCUT2D eigenvalue weighted by molar-refractivity contribution is 14.1. The van der Waals surface area contributed by atoms with Gasteiger partial charge in [-0.2, -0.15) is 5.21 Å². The van der Waals surface area contributed by atoms with Gasteiger partial charge in [-0.05, 0) is 64.6 Å². The maximum Gasteiger partial charge on any atom is 0.204 e. The van der Waals surface area contributed by atoms with Crippen molar-refractivity contribution in [2.75, 3.05) is 6.61 Å². The van der Waals surface area contributed by atoms with Crippen molar-refractivity contribution < 1.29 is 9.47 Å². The molecule has 0 saturated heterocycles. The van der Waals surface area contributed by atoms with E-state index >= 15 is 0 Å². The highest BCUT2D eigenvalue weighted by atomic mass is 127. The Labute approximate surface area is 168 Å². The number of aromatic amines is 1. The van der Waals surface area contributed by atoms with Crippen LogP contribution in [0.5, 0.6) is 11.5 Å². The predicted octanol–water partition coefficient (Wildman–Crippen LogP) is 4.76. The number of hydrogen-bond donors (Lipinski definition) is 1. The lowest BCUT2D eigenvalue weighted by molar-refractivity contribution is 0.267. The monoisotopic (exact) mass is 490 g/mol. The van der Waals surface area contributed by atoms with E-state index in [0.29, 0.717) is 40.6 Å². The van der Waals surface area contributed by atoms with Crippen LogP contribution in [0.25, 0.3) is 11.4 Å². The Kier molecular flexibility index (Phi) is 5.98. The van der Waals surface area contributed by atoms with Crippen molar-refractivity contribution in [3.8, 4) is 22.9 Å². The molecule has 0 bridgehead atoms. The van der Waals surface area contributed by atoms with Gasteiger partial charge in [-0.1, -0.05) is 29.3 Å². The summed E-state index contributed by atoms with van der Waals surface area (Å²) in [6.45, 7) is 2.76. The lowest BCUT2D eigenvalue weighted by Gasteiger charge is -2.15. The molecule has 0 atom stereocenters. The van der Waals surface area contributed by atoms with E-state index in [9.17, 15) is 0 Å². The van der Waals surface area contributed by atoms with E-state index < -0.39 is 0 Å². The van der Waals surface area contributed by atoms with Gasteiger partial charge in [0.15, 0.2) is 11.5 Å². The average molecular weight is 491 g/mol. The molecule has 3 rings (SSSR count). The molecule has 0 amide bonds. The molecule has 2 aromatic carbocycles. The molecule has 3 aromatic rings. The van der Waals surface area contributed by atoms with Crippen molar-refractivity contribution >= 4 is 45.8 Å². The maximum atomic E-state index is 6.05. The average Bonchev–Trinajstić information content (AvgIpc) is 3.12. The van der Waals surface area contributed by atoms with E-state index in [1.54, 1.807) is 12.1 Å². The fraction of sp³-hybridized carbons (Fsp3) is 0.188. The molecule has 1 heterocycles. The Morgan fingerprint density at radius 1 is 1.12 bits per heavy atom. The predicted molar refractivity (Wildman–Crippen MR) is 104 cm³/mol. The van der Waals surface area contributed by atoms with Crippen LogP contribution < -0.4 is 9.47 Å². The van der Waals surface area contributed by atoms with Crippen molar-refractivity contribution in [3.05, 3.63) is 49.5 Å². The molecule has 0 aliphatic rings. The lowest BCUT2D eigenvalue weighted by atomic mass is 10.2. The lowest BCUT2D eigenvalue weighted by Crippen LogP contribution is -2.02. The summed E-state index contributed by atoms with van der Waals surface area (Å²) in [6, 6.07) is 9.15. The fourth-order valence-electron chi connectivity index (χ4n) is 2.17. The summed E-state index contributed by atoms with van der Waals surface area (Å²) in [6.07, 6.45) is 0. The van der Waals surface area contributed by atoms with Crippen LogP contribution in [0.1, 0.15) is 12.5 Å². The second-order valence-corrected chi connectivity index (χ2v) is 6.97. The summed E-state index contributed by atoms with van der Waals surface area (Å²) < 4.78 is 12.6. The highest BCUT2D eigenvalue weighted by Crippen LogP contribution is 2.37. The number of nitrogens with zero attached hydrogens (tertiary/aromatic N) is 3. The Bertz CT molecular complexity index is 875. The number of H-pyrrole nitrogens is 1. The number of ether oxygens (including phenoxy) is 2. The second-order valence-electron chi connectivity index (χ2n) is 4.99. The van der Waals surface area contributed by atoms with Gasteiger partial charge in [-0.15, -0.1) is 10.2 Å². The van der Waals surface area contributed by atoms with E-state index in [0.717, 1.165) is 14.7 Å². The number of aromatic nitrogens is 4. The molecule has 130 valence electrons. The number of rotatable bonds is 6. The maximum absolute atomic E-state index is 6.05. The summed E-state index contributed by atoms with van der Waals surface area (Å²) in [4.78, 5) is 0. The van der Waals surface area contributed by atoms with E-state index in [1.165, 1.54) is 0 Å². The minimum absolute atomic E-state index is 0.342. The topological polar surface area (TPSA) is 72.9 Å². The summed E-state index contributed by atoms with van der Waals surface area (Å²) in [7, 11) is 0. The van der Waals surface area contributed by atoms with Crippen molar-refractivity contribution in [1.29, 1.82) is 0 Å². The third kappa shape index (κ3) is 4.34. The molecule has 9 heteroatoms. The van der Waals surface area contributed by atoms with Crippen LogP contribution in [0.4, 0.5) is 0 Å². The minimum atomic E-state index is 0.342. The first-order valence-electron chi connectivity index (χ1n) is 7.35. The molecule has 0 spiro atoms. The van der Waals surface area contributed by atoms with Crippen LogP contribution in [0.3, 0.4) is 0 Å². The van der Waals surface area contributed by atoms with Gasteiger partial charge in [-0.3, -0.25) is 0 Å². The standard InChI is InChI=1S/C16H13Cl2IN4O2/c1-2-24-14-7-10(16-20-22-23-21-16)6-13(19)15(14)25-8-9-3-4-11(17)12(18)5-9/h3-7H,2,8H2,1H3,(H,20,21,22,23). The first kappa shape index (κ1) is 18.2. The van der Waals surface area contributed by atoms with Crippen molar-refractivity contribution in [1.82, 2.24) is 20.6 Å². The molecule has 25 heavy (non-hydrogen) atoms. The van der Waals surface area contributed by atoms with Gasteiger partial charge in [0.25, 0.3) is 0 Å². The fourth-order valence-corrected chi connectivity index (χ4v) is 3.25. The van der Waals surface area contributed by atoms with Crippen molar-refractivity contribution in [2.45, 2.75) is 13.5 Å². The van der Waals surface area contributed by atoms with Gasteiger partial charge in [0.1, 0.15) is 6.61 Å². The number of tetrazole rings is 1. The summed E-state index contributed by atoms with van der Waals surface area (Å²) in [5.74, 6) is 1.77. The Morgan fingerprint density at radius 3 is 2.64 bits per heavy atom. The molecule has 0 aliphatic carbocycles. The zero-order valence-corrected chi connectivity index (χ0v) is 16.8. The molecule has 1 aromatic heterocycles. The van der Waals surface area contributed by atoms with Crippen LogP contribution in [0.15, 0.2) is 30.3 Å². The summed E-state index contributed by atoms with van der Waals surface area (Å²) >= 11 is 14.2. The zero-order valence-electron chi connectivity index (χ0n) is 13.1. The molecule has 0 saturated carbocycles. The molecule has 0 fully saturated rings. The van der Waals surface area contributed by atoms with Crippen LogP contribution in [0.2, 0.25) is 10.0 Å². The van der Waals surface area contributed by atoms with E-state index in [4.69, 9.17) is 32.7 Å². The summed E-state index contributed by atoms with van der Waals surface area (Å²) in [5, 5.41) is 15.0. The normalized spacial score (nSPS) is 10.7. The second kappa shape index (κ2) is 8.20. The van der Waals surface area contributed by atoms with Crippen molar-refractivity contribution in [3.63, 3.8) is 0 Å². The SMILES string of the molecule is CCOc1cc(-c2nn[nH]n2)cc(I)c1OCc1ccc(Cl)c(Cl)c1. The molecule has 6 nitrogen and oxygen atoms in total. The van der Waals surface area contributed by atoms with Gasteiger partial charge in [0.2, 0.25) is 5.82 Å². The third-order valence-corrected chi connectivity index (χ3v) is 4.82. The van der Waals surface area contributed by atoms with Crippen LogP contribution in [-0.2, 0) is 6.61 Å². The van der Waals surface area contributed by atoms with Crippen LogP contribution in [0, 0.1) is 3.57 Å². The van der Waals surface area contributed by atoms with Gasteiger partial charge < -0.3 is 9.47 Å². The molecular formula is C16H13Cl2IN4O2. The third-order valence-electron chi connectivity index (χ3n) is 3.28. The zero-order chi connectivity index (χ0) is 17.8. The van der Waals surface area contributed by atoms with Crippen molar-refractivity contribution in [2.24, 2.45) is 0 Å². The number of halogens is 3. The largest absolute Gasteiger partial charge is 0.490 e. The molecule has 1 N–H and O–H groups in total. The first-order valence-corrected chi connectivity index (χ1v) is 9.19. The molecular weight excluding hydrogens is 478 g/mol. The Hall–Kier alpha value is -1.58. The van der Waals surface area contributed by atoms with Crippen LogP contribution >= 0.6 is 45.8 Å². The first-order chi connectivity index (χ1) is 12.1. The van der Waals surface area contributed by atoms with Gasteiger partial charge in [-0.25, -0.2) is 0 Å². The smallest absolute Gasteiger partial charge is 0.204 e. The summed E-state index contributed by atoms with van der Waals surface area (Å²) in [5.41, 5.74) is 1.71. The molecule has 0 radical (unpaired) electrons. The number of hydrogen-bond acceptors (Lipinski definition) is 5. The van der Waals surface area contributed by atoms with Gasteiger partial charge in [0, 0.05) is 5.56 Å². The van der Waals surface area contributed by atoms with Gasteiger partial charge in [0.05, 0.1) is 20.2 Å². The Morgan fingerprint density at radius 2 is 1.96 bits per heavy atom. The van der Waals surface area contributed by atoms with E-state index in [1.807, 2.05) is 25.1 Å². The molecule has 0 unspecified atom stereocenters.